The van der Waals surface area contributed by atoms with Gasteiger partial charge >= 0.3 is 0 Å². The lowest BCUT2D eigenvalue weighted by molar-refractivity contribution is 0.104. The van der Waals surface area contributed by atoms with Gasteiger partial charge in [-0.25, -0.2) is 9.37 Å². The summed E-state index contributed by atoms with van der Waals surface area (Å²) in [6.07, 6.45) is 0. The summed E-state index contributed by atoms with van der Waals surface area (Å²) in [6.45, 7) is 3.67. The number of aryl methyl sites for hydroxylation is 2. The van der Waals surface area contributed by atoms with Crippen LogP contribution in [-0.2, 0) is 0 Å². The van der Waals surface area contributed by atoms with E-state index in [1.165, 1.54) is 35.6 Å². The molecule has 4 heteroatoms. The molecule has 0 spiro atoms. The molecule has 0 aliphatic rings. The van der Waals surface area contributed by atoms with E-state index in [0.717, 1.165) is 10.7 Å². The molecule has 82 valence electrons. The van der Waals surface area contributed by atoms with Crippen molar-refractivity contribution >= 4 is 17.1 Å². The second kappa shape index (κ2) is 4.14. The van der Waals surface area contributed by atoms with Crippen molar-refractivity contribution in [1.82, 2.24) is 4.98 Å². The molecular weight excluding hydrogens is 225 g/mol. The Morgan fingerprint density at radius 1 is 1.25 bits per heavy atom. The van der Waals surface area contributed by atoms with Crippen LogP contribution in [0.25, 0.3) is 0 Å². The Bertz CT molecular complexity index is 530. The molecule has 0 saturated heterocycles. The number of rotatable bonds is 2. The fourth-order valence-electron chi connectivity index (χ4n) is 1.47. The molecule has 0 radical (unpaired) electrons. The van der Waals surface area contributed by atoms with Gasteiger partial charge in [-0.05, 0) is 38.1 Å². The minimum absolute atomic E-state index is 0.0944. The molecule has 0 saturated carbocycles. The predicted octanol–water partition coefficient (Wildman–Crippen LogP) is 3.13. The molecule has 0 fully saturated rings. The maximum absolute atomic E-state index is 12.7. The van der Waals surface area contributed by atoms with Gasteiger partial charge in [0.1, 0.15) is 5.82 Å². The average Bonchev–Trinajstić information content (AvgIpc) is 2.58. The highest BCUT2D eigenvalue weighted by atomic mass is 32.1. The van der Waals surface area contributed by atoms with Crippen molar-refractivity contribution in [2.45, 2.75) is 13.8 Å². The quantitative estimate of drug-likeness (QED) is 0.748. The van der Waals surface area contributed by atoms with Crippen LogP contribution >= 0.6 is 11.3 Å². The number of carbonyl (C=O) groups is 1. The molecule has 1 aromatic heterocycles. The van der Waals surface area contributed by atoms with Gasteiger partial charge in [-0.2, -0.15) is 0 Å². The van der Waals surface area contributed by atoms with E-state index < -0.39 is 0 Å². The highest BCUT2D eigenvalue weighted by Crippen LogP contribution is 2.21. The van der Waals surface area contributed by atoms with E-state index >= 15 is 0 Å². The smallest absolute Gasteiger partial charge is 0.204 e. The fraction of sp³-hybridized carbons (Fsp3) is 0.167. The highest BCUT2D eigenvalue weighted by Gasteiger charge is 2.15. The molecule has 0 amide bonds. The van der Waals surface area contributed by atoms with E-state index in [0.29, 0.717) is 10.4 Å². The van der Waals surface area contributed by atoms with Crippen LogP contribution in [0.2, 0.25) is 0 Å². The maximum atomic E-state index is 12.7. The van der Waals surface area contributed by atoms with E-state index in [9.17, 15) is 9.18 Å². The summed E-state index contributed by atoms with van der Waals surface area (Å²) in [5, 5.41) is 0.864. The zero-order chi connectivity index (χ0) is 11.7. The fourth-order valence-corrected chi connectivity index (χ4v) is 2.36. The van der Waals surface area contributed by atoms with E-state index in [-0.39, 0.29) is 11.6 Å². The van der Waals surface area contributed by atoms with Gasteiger partial charge in [0.15, 0.2) is 0 Å². The first-order valence-corrected chi connectivity index (χ1v) is 5.64. The van der Waals surface area contributed by atoms with E-state index in [1.54, 1.807) is 6.92 Å². The number of aromatic nitrogens is 1. The average molecular weight is 235 g/mol. The Labute approximate surface area is 96.8 Å². The normalized spacial score (nSPS) is 10.4. The summed E-state index contributed by atoms with van der Waals surface area (Å²) in [7, 11) is 0. The molecular formula is C12H10FNOS. The van der Waals surface area contributed by atoms with Gasteiger partial charge in [0.2, 0.25) is 5.78 Å². The molecule has 1 aromatic carbocycles. The zero-order valence-corrected chi connectivity index (χ0v) is 9.77. The molecule has 1 heterocycles. The van der Waals surface area contributed by atoms with Crippen molar-refractivity contribution in [3.8, 4) is 0 Å². The van der Waals surface area contributed by atoms with Crippen LogP contribution in [0.15, 0.2) is 24.3 Å². The first-order valence-electron chi connectivity index (χ1n) is 4.82. The Hall–Kier alpha value is -1.55. The lowest BCUT2D eigenvalue weighted by Crippen LogP contribution is -2.00. The van der Waals surface area contributed by atoms with E-state index in [4.69, 9.17) is 0 Å². The molecule has 0 aliphatic heterocycles. The largest absolute Gasteiger partial charge is 0.288 e. The first kappa shape index (κ1) is 11.0. The van der Waals surface area contributed by atoms with Gasteiger partial charge in [-0.15, -0.1) is 11.3 Å². The Morgan fingerprint density at radius 3 is 2.38 bits per heavy atom. The number of benzene rings is 1. The van der Waals surface area contributed by atoms with Crippen molar-refractivity contribution in [3.63, 3.8) is 0 Å². The van der Waals surface area contributed by atoms with Crippen LogP contribution in [-0.4, -0.2) is 10.8 Å². The molecule has 0 atom stereocenters. The van der Waals surface area contributed by atoms with Gasteiger partial charge in [0.25, 0.3) is 0 Å². The second-order valence-electron chi connectivity index (χ2n) is 3.48. The van der Waals surface area contributed by atoms with E-state index in [1.807, 2.05) is 6.92 Å². The molecule has 2 nitrogen and oxygen atoms in total. The van der Waals surface area contributed by atoms with Crippen LogP contribution in [0, 0.1) is 19.7 Å². The van der Waals surface area contributed by atoms with E-state index in [2.05, 4.69) is 4.98 Å². The minimum atomic E-state index is -0.339. The van der Waals surface area contributed by atoms with Crippen LogP contribution in [0.3, 0.4) is 0 Å². The van der Waals surface area contributed by atoms with Crippen LogP contribution in [0.4, 0.5) is 4.39 Å². The first-order chi connectivity index (χ1) is 7.58. The Balaban J connectivity index is 2.39. The monoisotopic (exact) mass is 235 g/mol. The maximum Gasteiger partial charge on any atom is 0.204 e. The highest BCUT2D eigenvalue weighted by molar-refractivity contribution is 7.14. The number of hydrogen-bond donors (Lipinski definition) is 0. The third-order valence-electron chi connectivity index (χ3n) is 2.22. The number of carbonyl (C=O) groups excluding carboxylic acids is 1. The van der Waals surface area contributed by atoms with Gasteiger partial charge in [0, 0.05) is 5.56 Å². The Kier molecular flexibility index (Phi) is 2.83. The summed E-state index contributed by atoms with van der Waals surface area (Å²) in [5.74, 6) is -0.433. The summed E-state index contributed by atoms with van der Waals surface area (Å²) in [5.41, 5.74) is 1.23. The minimum Gasteiger partial charge on any atom is -0.288 e. The molecule has 2 aromatic rings. The van der Waals surface area contributed by atoms with Crippen LogP contribution in [0.1, 0.15) is 25.9 Å². The molecule has 16 heavy (non-hydrogen) atoms. The molecule has 0 bridgehead atoms. The van der Waals surface area contributed by atoms with Crippen molar-refractivity contribution in [1.29, 1.82) is 0 Å². The molecule has 0 aliphatic carbocycles. The number of hydrogen-bond acceptors (Lipinski definition) is 3. The standard InChI is InChI=1S/C12H10FNOS/c1-7-12(16-8(2)14-7)11(15)9-3-5-10(13)6-4-9/h3-6H,1-2H3. The number of nitrogens with zero attached hydrogens (tertiary/aromatic N) is 1. The zero-order valence-electron chi connectivity index (χ0n) is 8.95. The topological polar surface area (TPSA) is 30.0 Å². The van der Waals surface area contributed by atoms with Gasteiger partial charge in [-0.3, -0.25) is 4.79 Å². The van der Waals surface area contributed by atoms with Crippen LogP contribution < -0.4 is 0 Å². The SMILES string of the molecule is Cc1nc(C)c(C(=O)c2ccc(F)cc2)s1. The predicted molar refractivity (Wildman–Crippen MR) is 61.4 cm³/mol. The summed E-state index contributed by atoms with van der Waals surface area (Å²) in [6, 6.07) is 5.56. The lowest BCUT2D eigenvalue weighted by Gasteiger charge is -1.98. The van der Waals surface area contributed by atoms with Crippen molar-refractivity contribution in [2.75, 3.05) is 0 Å². The van der Waals surface area contributed by atoms with Gasteiger partial charge < -0.3 is 0 Å². The Morgan fingerprint density at radius 2 is 1.88 bits per heavy atom. The van der Waals surface area contributed by atoms with Crippen molar-refractivity contribution in [2.24, 2.45) is 0 Å². The third-order valence-corrected chi connectivity index (χ3v) is 3.29. The van der Waals surface area contributed by atoms with Gasteiger partial charge in [0.05, 0.1) is 15.6 Å². The summed E-state index contributed by atoms with van der Waals surface area (Å²) >= 11 is 1.37. The van der Waals surface area contributed by atoms with Crippen molar-refractivity contribution < 1.29 is 9.18 Å². The second-order valence-corrected chi connectivity index (χ2v) is 4.69. The molecule has 2 rings (SSSR count). The number of ketones is 1. The summed E-state index contributed by atoms with van der Waals surface area (Å²) in [4.78, 5) is 16.9. The van der Waals surface area contributed by atoms with Gasteiger partial charge in [-0.1, -0.05) is 0 Å². The number of thiazole rings is 1. The van der Waals surface area contributed by atoms with Crippen LogP contribution in [0.5, 0.6) is 0 Å². The number of halogens is 1. The third kappa shape index (κ3) is 2.02. The lowest BCUT2D eigenvalue weighted by atomic mass is 10.1. The molecule has 0 unspecified atom stereocenters. The molecule has 0 N–H and O–H groups in total. The van der Waals surface area contributed by atoms with Crippen molar-refractivity contribution in [3.05, 3.63) is 51.2 Å². The summed E-state index contributed by atoms with van der Waals surface area (Å²) < 4.78 is 12.7.